The number of carbonyl (C=O) groups excluding carboxylic acids is 1. The Morgan fingerprint density at radius 3 is 2.28 bits per heavy atom. The van der Waals surface area contributed by atoms with Crippen molar-refractivity contribution in [2.75, 3.05) is 39.3 Å². The van der Waals surface area contributed by atoms with Crippen molar-refractivity contribution in [1.29, 1.82) is 0 Å². The highest BCUT2D eigenvalue weighted by molar-refractivity contribution is 5.76. The molecule has 4 rings (SSSR count). The summed E-state index contributed by atoms with van der Waals surface area (Å²) < 4.78 is 0. The summed E-state index contributed by atoms with van der Waals surface area (Å²) >= 11 is 0. The van der Waals surface area contributed by atoms with Crippen molar-refractivity contribution in [2.45, 2.75) is 136 Å². The van der Waals surface area contributed by atoms with E-state index in [2.05, 4.69) is 42.0 Å². The highest BCUT2D eigenvalue weighted by Gasteiger charge is 2.63. The highest BCUT2D eigenvalue weighted by atomic mass is 16.3. The minimum atomic E-state index is -0.209. The van der Waals surface area contributed by atoms with E-state index in [4.69, 9.17) is 5.73 Å². The van der Waals surface area contributed by atoms with Crippen LogP contribution in [0.25, 0.3) is 0 Å². The maximum absolute atomic E-state index is 12.4. The molecule has 1 amide bonds. The average molecular weight is 604 g/mol. The van der Waals surface area contributed by atoms with Crippen LogP contribution in [0.2, 0.25) is 0 Å². The Balaban J connectivity index is 1.22. The summed E-state index contributed by atoms with van der Waals surface area (Å²) in [5.41, 5.74) is 5.92. The van der Waals surface area contributed by atoms with Gasteiger partial charge < -0.3 is 32.1 Å². The van der Waals surface area contributed by atoms with Crippen LogP contribution in [0.15, 0.2) is 0 Å². The molecule has 4 aliphatic rings. The third kappa shape index (κ3) is 8.36. The van der Waals surface area contributed by atoms with Gasteiger partial charge in [-0.25, -0.2) is 0 Å². The fourth-order valence-electron chi connectivity index (χ4n) is 10.7. The molecule has 0 heterocycles. The Morgan fingerprint density at radius 1 is 0.884 bits per heavy atom. The third-order valence-corrected chi connectivity index (χ3v) is 13.0. The zero-order valence-corrected chi connectivity index (χ0v) is 28.6. The molecule has 7 heteroatoms. The van der Waals surface area contributed by atoms with Gasteiger partial charge in [0.15, 0.2) is 0 Å². The number of aliphatic hydroxyl groups is 1. The van der Waals surface area contributed by atoms with Crippen LogP contribution < -0.4 is 27.0 Å². The van der Waals surface area contributed by atoms with Crippen LogP contribution >= 0.6 is 0 Å². The minimum Gasteiger partial charge on any atom is -0.393 e. The van der Waals surface area contributed by atoms with Crippen LogP contribution in [-0.4, -0.2) is 68.5 Å². The molecule has 0 aliphatic heterocycles. The molecule has 43 heavy (non-hydrogen) atoms. The van der Waals surface area contributed by atoms with Gasteiger partial charge in [-0.2, -0.15) is 0 Å². The Bertz CT molecular complexity index is 855. The summed E-state index contributed by atoms with van der Waals surface area (Å²) in [7, 11) is 0. The normalized spacial score (nSPS) is 37.9. The Morgan fingerprint density at radius 2 is 1.58 bits per heavy atom. The van der Waals surface area contributed by atoms with Gasteiger partial charge in [-0.05, 0) is 177 Å². The SMILES string of the molecule is CC(C)NC(=O)CC[C@@H](C)C1CCC2C3CCC4C[C@@H](NCCCNCCCNCCCN)CC[C@]4(C)C3C[C@H](O)[C@@]21C. The molecule has 7 nitrogen and oxygen atoms in total. The molecular weight excluding hydrogens is 534 g/mol. The van der Waals surface area contributed by atoms with Gasteiger partial charge in [0.05, 0.1) is 6.10 Å². The molecule has 10 atom stereocenters. The number of amides is 1. The molecule has 7 N–H and O–H groups in total. The molecular formula is C36H69N5O2. The highest BCUT2D eigenvalue weighted by Crippen LogP contribution is 2.68. The number of hydrogen-bond acceptors (Lipinski definition) is 6. The summed E-state index contributed by atoms with van der Waals surface area (Å²) in [4.78, 5) is 12.4. The van der Waals surface area contributed by atoms with Crippen molar-refractivity contribution in [3.05, 3.63) is 0 Å². The summed E-state index contributed by atoms with van der Waals surface area (Å²) in [5.74, 6) is 4.04. The predicted molar refractivity (Wildman–Crippen MR) is 179 cm³/mol. The van der Waals surface area contributed by atoms with Crippen LogP contribution in [0.4, 0.5) is 0 Å². The summed E-state index contributed by atoms with van der Waals surface area (Å²) in [6.07, 6.45) is 14.9. The summed E-state index contributed by atoms with van der Waals surface area (Å²) in [5, 5.41) is 26.0. The molecule has 0 spiro atoms. The van der Waals surface area contributed by atoms with E-state index in [0.717, 1.165) is 70.4 Å². The van der Waals surface area contributed by atoms with Gasteiger partial charge in [-0.15, -0.1) is 0 Å². The number of fused-ring (bicyclic) bond motifs is 5. The van der Waals surface area contributed by atoms with Crippen LogP contribution in [0.1, 0.15) is 118 Å². The molecule has 250 valence electrons. The van der Waals surface area contributed by atoms with E-state index in [0.29, 0.717) is 41.5 Å². The first-order valence-electron chi connectivity index (χ1n) is 18.4. The lowest BCUT2D eigenvalue weighted by Crippen LogP contribution is -2.59. The Kier molecular flexibility index (Phi) is 13.2. The van der Waals surface area contributed by atoms with Gasteiger partial charge in [-0.3, -0.25) is 4.79 Å². The second kappa shape index (κ2) is 16.2. The lowest BCUT2D eigenvalue weighted by Gasteiger charge is -2.62. The van der Waals surface area contributed by atoms with E-state index < -0.39 is 0 Å². The fourth-order valence-corrected chi connectivity index (χ4v) is 10.7. The zero-order chi connectivity index (χ0) is 31.0. The summed E-state index contributed by atoms with van der Waals surface area (Å²) in [6, 6.07) is 0.859. The second-order valence-electron chi connectivity index (χ2n) is 16.0. The van der Waals surface area contributed by atoms with Crippen molar-refractivity contribution >= 4 is 5.91 Å². The van der Waals surface area contributed by atoms with Crippen molar-refractivity contribution in [2.24, 2.45) is 52.1 Å². The van der Waals surface area contributed by atoms with Gasteiger partial charge >= 0.3 is 0 Å². The molecule has 0 aromatic carbocycles. The fraction of sp³-hybridized carbons (Fsp3) is 0.972. The molecule has 0 aromatic heterocycles. The van der Waals surface area contributed by atoms with Crippen molar-refractivity contribution in [3.63, 3.8) is 0 Å². The Labute approximate surface area is 264 Å². The van der Waals surface area contributed by atoms with Crippen molar-refractivity contribution in [3.8, 4) is 0 Å². The van der Waals surface area contributed by atoms with Crippen LogP contribution in [-0.2, 0) is 4.79 Å². The van der Waals surface area contributed by atoms with E-state index in [1.807, 2.05) is 13.8 Å². The number of carbonyl (C=O) groups is 1. The topological polar surface area (TPSA) is 111 Å². The number of nitrogens with one attached hydrogen (secondary N) is 4. The lowest BCUT2D eigenvalue weighted by molar-refractivity contribution is -0.169. The third-order valence-electron chi connectivity index (χ3n) is 13.0. The van der Waals surface area contributed by atoms with Gasteiger partial charge in [0.1, 0.15) is 0 Å². The van der Waals surface area contributed by atoms with Gasteiger partial charge in [-0.1, -0.05) is 20.8 Å². The van der Waals surface area contributed by atoms with E-state index in [-0.39, 0.29) is 23.5 Å². The van der Waals surface area contributed by atoms with E-state index in [9.17, 15) is 9.90 Å². The molecule has 0 saturated heterocycles. The average Bonchev–Trinajstić information content (AvgIpc) is 3.33. The largest absolute Gasteiger partial charge is 0.393 e. The maximum Gasteiger partial charge on any atom is 0.220 e. The van der Waals surface area contributed by atoms with Crippen LogP contribution in [0.3, 0.4) is 0 Å². The maximum atomic E-state index is 12.4. The smallest absolute Gasteiger partial charge is 0.220 e. The first-order chi connectivity index (χ1) is 20.6. The number of aliphatic hydroxyl groups excluding tert-OH is 1. The van der Waals surface area contributed by atoms with Gasteiger partial charge in [0, 0.05) is 18.5 Å². The van der Waals surface area contributed by atoms with Gasteiger partial charge in [0.25, 0.3) is 0 Å². The van der Waals surface area contributed by atoms with Crippen LogP contribution in [0.5, 0.6) is 0 Å². The van der Waals surface area contributed by atoms with E-state index in [1.54, 1.807) is 0 Å². The van der Waals surface area contributed by atoms with E-state index in [1.165, 1.54) is 57.8 Å². The number of hydrogen-bond donors (Lipinski definition) is 6. The molecule has 0 aromatic rings. The number of rotatable bonds is 17. The van der Waals surface area contributed by atoms with Crippen molar-refractivity contribution in [1.82, 2.24) is 21.3 Å². The van der Waals surface area contributed by atoms with Gasteiger partial charge in [0.2, 0.25) is 5.91 Å². The first-order valence-corrected chi connectivity index (χ1v) is 18.4. The molecule has 4 saturated carbocycles. The minimum absolute atomic E-state index is 0.00604. The molecule has 0 radical (unpaired) electrons. The molecule has 5 unspecified atom stereocenters. The predicted octanol–water partition coefficient (Wildman–Crippen LogP) is 4.82. The molecule has 4 aliphatic carbocycles. The number of nitrogens with two attached hydrogens (primary N) is 1. The second-order valence-corrected chi connectivity index (χ2v) is 16.0. The quantitative estimate of drug-likeness (QED) is 0.133. The van der Waals surface area contributed by atoms with Crippen LogP contribution in [0, 0.1) is 46.3 Å². The van der Waals surface area contributed by atoms with E-state index >= 15 is 0 Å². The summed E-state index contributed by atoms with van der Waals surface area (Å²) in [6.45, 7) is 17.6. The monoisotopic (exact) mass is 604 g/mol. The molecule has 0 bridgehead atoms. The van der Waals surface area contributed by atoms with Crippen molar-refractivity contribution < 1.29 is 9.90 Å². The first kappa shape index (κ1) is 35.1. The molecule has 4 fully saturated rings. The lowest BCUT2D eigenvalue weighted by atomic mass is 9.43. The standard InChI is InChI=1S/C36H69N5O2/c1-25(2)41-34(43)14-9-26(3)30-12-13-31-29-11-10-27-23-28(40-22-8-21-39-20-7-19-38-18-6-17-37)15-16-35(27,4)32(29)24-33(42)36(30,31)5/h25-33,38-40,42H,6-24,37H2,1-5H3,(H,41,43)/t26-,27?,28+,29?,30?,31?,32?,33+,35+,36-/m1/s1. The zero-order valence-electron chi connectivity index (χ0n) is 28.6. The Hall–Kier alpha value is -0.730.